The fourth-order valence-electron chi connectivity index (χ4n) is 1.68. The van der Waals surface area contributed by atoms with E-state index in [1.807, 2.05) is 25.2 Å². The highest BCUT2D eigenvalue weighted by Gasteiger charge is 2.12. The van der Waals surface area contributed by atoms with Crippen molar-refractivity contribution in [1.82, 2.24) is 4.90 Å². The summed E-state index contributed by atoms with van der Waals surface area (Å²) in [6.07, 6.45) is 2.93. The third-order valence-corrected chi connectivity index (χ3v) is 2.59. The lowest BCUT2D eigenvalue weighted by atomic mass is 10.1. The van der Waals surface area contributed by atoms with Crippen molar-refractivity contribution in [2.75, 3.05) is 13.6 Å². The first-order chi connectivity index (χ1) is 7.27. The minimum absolute atomic E-state index is 0.00681. The van der Waals surface area contributed by atoms with E-state index in [4.69, 9.17) is 0 Å². The van der Waals surface area contributed by atoms with Gasteiger partial charge >= 0.3 is 0 Å². The Morgan fingerprint density at radius 1 is 1.33 bits per heavy atom. The number of carbonyl (C=O) groups is 1. The van der Waals surface area contributed by atoms with Crippen molar-refractivity contribution in [3.8, 4) is 0 Å². The number of hydrogen-bond acceptors (Lipinski definition) is 2. The van der Waals surface area contributed by atoms with Gasteiger partial charge in [-0.15, -0.1) is 0 Å². The standard InChI is InChI=1S/C13H19NO/c1-3-9-14(2)13(11-15)10-12-7-5-4-6-8-12/h4-8,11,13H,3,9-10H2,1-2H3. The Kier molecular flexibility index (Phi) is 5.05. The molecular formula is C13H19NO. The van der Waals surface area contributed by atoms with Crippen LogP contribution in [-0.4, -0.2) is 30.8 Å². The number of hydrogen-bond donors (Lipinski definition) is 0. The maximum atomic E-state index is 11.0. The maximum absolute atomic E-state index is 11.0. The number of carbonyl (C=O) groups excluding carboxylic acids is 1. The van der Waals surface area contributed by atoms with Gasteiger partial charge in [-0.25, -0.2) is 0 Å². The lowest BCUT2D eigenvalue weighted by Gasteiger charge is -2.22. The predicted molar refractivity (Wildman–Crippen MR) is 62.9 cm³/mol. The Morgan fingerprint density at radius 2 is 2.00 bits per heavy atom. The largest absolute Gasteiger partial charge is 0.302 e. The highest BCUT2D eigenvalue weighted by molar-refractivity contribution is 5.58. The van der Waals surface area contributed by atoms with E-state index in [0.29, 0.717) is 0 Å². The molecule has 0 heterocycles. The van der Waals surface area contributed by atoms with Crippen LogP contribution in [0.4, 0.5) is 0 Å². The zero-order valence-corrected chi connectivity index (χ0v) is 9.52. The highest BCUT2D eigenvalue weighted by atomic mass is 16.1. The molecule has 0 saturated carbocycles. The number of likely N-dealkylation sites (N-methyl/N-ethyl adjacent to an activating group) is 1. The molecule has 82 valence electrons. The Bertz CT molecular complexity index is 284. The first-order valence-corrected chi connectivity index (χ1v) is 5.47. The van der Waals surface area contributed by atoms with Gasteiger partial charge in [0.15, 0.2) is 0 Å². The molecule has 0 saturated heterocycles. The molecule has 0 fully saturated rings. The van der Waals surface area contributed by atoms with Gasteiger partial charge in [0.1, 0.15) is 6.29 Å². The van der Waals surface area contributed by atoms with Crippen LogP contribution >= 0.6 is 0 Å². The predicted octanol–water partition coefficient (Wildman–Crippen LogP) is 2.14. The molecule has 15 heavy (non-hydrogen) atoms. The SMILES string of the molecule is CCCN(C)C(C=O)Cc1ccccc1. The summed E-state index contributed by atoms with van der Waals surface area (Å²) in [7, 11) is 2.01. The van der Waals surface area contributed by atoms with Crippen molar-refractivity contribution in [3.05, 3.63) is 35.9 Å². The second-order valence-electron chi connectivity index (χ2n) is 3.87. The van der Waals surface area contributed by atoms with Gasteiger partial charge < -0.3 is 4.79 Å². The molecule has 0 aliphatic carbocycles. The van der Waals surface area contributed by atoms with Crippen LogP contribution in [0.5, 0.6) is 0 Å². The van der Waals surface area contributed by atoms with Crippen LogP contribution in [0.1, 0.15) is 18.9 Å². The van der Waals surface area contributed by atoms with Gasteiger partial charge in [-0.3, -0.25) is 4.90 Å². The normalized spacial score (nSPS) is 12.7. The molecule has 1 aromatic rings. The summed E-state index contributed by atoms with van der Waals surface area (Å²) < 4.78 is 0. The molecular weight excluding hydrogens is 186 g/mol. The Balaban J connectivity index is 2.57. The lowest BCUT2D eigenvalue weighted by molar-refractivity contribution is -0.112. The monoisotopic (exact) mass is 205 g/mol. The van der Waals surface area contributed by atoms with Crippen LogP contribution in [0.2, 0.25) is 0 Å². The van der Waals surface area contributed by atoms with Crippen molar-refractivity contribution < 1.29 is 4.79 Å². The van der Waals surface area contributed by atoms with Crippen molar-refractivity contribution >= 4 is 6.29 Å². The summed E-state index contributed by atoms with van der Waals surface area (Å²) in [4.78, 5) is 13.1. The first kappa shape index (κ1) is 11.9. The van der Waals surface area contributed by atoms with E-state index in [1.165, 1.54) is 5.56 Å². The smallest absolute Gasteiger partial charge is 0.137 e. The molecule has 0 aliphatic heterocycles. The summed E-state index contributed by atoms with van der Waals surface area (Å²) in [5.74, 6) is 0. The van der Waals surface area contributed by atoms with Gasteiger partial charge in [-0.2, -0.15) is 0 Å². The molecule has 1 rings (SSSR count). The zero-order valence-electron chi connectivity index (χ0n) is 9.52. The highest BCUT2D eigenvalue weighted by Crippen LogP contribution is 2.06. The minimum atomic E-state index is 0.00681. The van der Waals surface area contributed by atoms with E-state index >= 15 is 0 Å². The molecule has 1 aromatic carbocycles. The third-order valence-electron chi connectivity index (χ3n) is 2.59. The third kappa shape index (κ3) is 3.84. The zero-order chi connectivity index (χ0) is 11.1. The molecule has 0 bridgehead atoms. The van der Waals surface area contributed by atoms with Crippen LogP contribution in [0.25, 0.3) is 0 Å². The van der Waals surface area contributed by atoms with Crippen LogP contribution in [0.15, 0.2) is 30.3 Å². The van der Waals surface area contributed by atoms with E-state index in [0.717, 1.165) is 25.7 Å². The van der Waals surface area contributed by atoms with Crippen LogP contribution in [0, 0.1) is 0 Å². The van der Waals surface area contributed by atoms with Crippen molar-refractivity contribution in [2.45, 2.75) is 25.8 Å². The molecule has 0 aliphatic rings. The average molecular weight is 205 g/mol. The van der Waals surface area contributed by atoms with E-state index < -0.39 is 0 Å². The summed E-state index contributed by atoms with van der Waals surface area (Å²) in [6, 6.07) is 10.2. The number of rotatable bonds is 6. The summed E-state index contributed by atoms with van der Waals surface area (Å²) >= 11 is 0. The van der Waals surface area contributed by atoms with Crippen molar-refractivity contribution in [2.24, 2.45) is 0 Å². The molecule has 0 spiro atoms. The Morgan fingerprint density at radius 3 is 2.53 bits per heavy atom. The molecule has 2 heteroatoms. The second kappa shape index (κ2) is 6.36. The fraction of sp³-hybridized carbons (Fsp3) is 0.462. The van der Waals surface area contributed by atoms with E-state index in [2.05, 4.69) is 24.0 Å². The Hall–Kier alpha value is -1.15. The summed E-state index contributed by atoms with van der Waals surface area (Å²) in [5, 5.41) is 0. The van der Waals surface area contributed by atoms with Crippen LogP contribution < -0.4 is 0 Å². The molecule has 2 nitrogen and oxygen atoms in total. The lowest BCUT2D eigenvalue weighted by Crippen LogP contribution is -2.35. The van der Waals surface area contributed by atoms with Crippen molar-refractivity contribution in [3.63, 3.8) is 0 Å². The van der Waals surface area contributed by atoms with E-state index in [-0.39, 0.29) is 6.04 Å². The number of aldehydes is 1. The fourth-order valence-corrected chi connectivity index (χ4v) is 1.68. The number of nitrogens with zero attached hydrogens (tertiary/aromatic N) is 1. The van der Waals surface area contributed by atoms with E-state index in [1.54, 1.807) is 0 Å². The first-order valence-electron chi connectivity index (χ1n) is 5.47. The molecule has 1 atom stereocenters. The van der Waals surface area contributed by atoms with Crippen molar-refractivity contribution in [1.29, 1.82) is 0 Å². The van der Waals surface area contributed by atoms with Gasteiger partial charge in [-0.1, -0.05) is 37.3 Å². The minimum Gasteiger partial charge on any atom is -0.302 e. The molecule has 0 N–H and O–H groups in total. The van der Waals surface area contributed by atoms with Crippen LogP contribution in [0.3, 0.4) is 0 Å². The summed E-state index contributed by atoms with van der Waals surface area (Å²) in [5.41, 5.74) is 1.22. The molecule has 0 amide bonds. The van der Waals surface area contributed by atoms with Gasteiger partial charge in [-0.05, 0) is 32.0 Å². The second-order valence-corrected chi connectivity index (χ2v) is 3.87. The van der Waals surface area contributed by atoms with E-state index in [9.17, 15) is 4.79 Å². The quantitative estimate of drug-likeness (QED) is 0.663. The molecule has 1 unspecified atom stereocenters. The van der Waals surface area contributed by atoms with Crippen LogP contribution in [-0.2, 0) is 11.2 Å². The summed E-state index contributed by atoms with van der Waals surface area (Å²) in [6.45, 7) is 3.09. The number of benzene rings is 1. The maximum Gasteiger partial charge on any atom is 0.137 e. The van der Waals surface area contributed by atoms with Gasteiger partial charge in [0.05, 0.1) is 6.04 Å². The topological polar surface area (TPSA) is 20.3 Å². The van der Waals surface area contributed by atoms with Gasteiger partial charge in [0.25, 0.3) is 0 Å². The molecule has 0 aromatic heterocycles. The van der Waals surface area contributed by atoms with Gasteiger partial charge in [0.2, 0.25) is 0 Å². The van der Waals surface area contributed by atoms with Gasteiger partial charge in [0, 0.05) is 0 Å². The average Bonchev–Trinajstić information content (AvgIpc) is 2.27. The molecule has 0 radical (unpaired) electrons. The Labute approximate surface area is 91.9 Å².